The monoisotopic (exact) mass is 292 g/mol. The van der Waals surface area contributed by atoms with Crippen molar-refractivity contribution in [2.75, 3.05) is 24.3 Å². The first-order valence-corrected chi connectivity index (χ1v) is 7.52. The number of rotatable bonds is 4. The van der Waals surface area contributed by atoms with E-state index in [2.05, 4.69) is 0 Å². The number of nitrogens with two attached hydrogens (primary N) is 1. The van der Waals surface area contributed by atoms with Crippen molar-refractivity contribution >= 4 is 17.3 Å². The highest BCUT2D eigenvalue weighted by molar-refractivity contribution is 5.92. The topological polar surface area (TPSA) is 75.8 Å². The lowest BCUT2D eigenvalue weighted by Crippen LogP contribution is -2.43. The molecule has 2 rings (SSSR count). The average molecular weight is 292 g/mol. The first-order valence-electron chi connectivity index (χ1n) is 7.52. The van der Waals surface area contributed by atoms with Crippen molar-refractivity contribution in [2.45, 2.75) is 44.8 Å². The first kappa shape index (κ1) is 15.6. The molecule has 1 aromatic rings. The molecule has 0 heterocycles. The Balaban J connectivity index is 2.25. The number of aliphatic hydroxyl groups excluding tert-OH is 1. The van der Waals surface area contributed by atoms with Crippen LogP contribution >= 0.6 is 0 Å². The highest BCUT2D eigenvalue weighted by atomic mass is 16.5. The number of hydrogen-bond acceptors (Lipinski definition) is 5. The van der Waals surface area contributed by atoms with Crippen LogP contribution in [0.5, 0.6) is 0 Å². The van der Waals surface area contributed by atoms with E-state index >= 15 is 0 Å². The van der Waals surface area contributed by atoms with Gasteiger partial charge < -0.3 is 20.5 Å². The molecule has 0 aliphatic heterocycles. The van der Waals surface area contributed by atoms with Crippen LogP contribution in [0.1, 0.15) is 43.0 Å². The largest absolute Gasteiger partial charge is 0.462 e. The Kier molecular flexibility index (Phi) is 5.07. The third kappa shape index (κ3) is 3.47. The molecule has 0 amide bonds. The zero-order chi connectivity index (χ0) is 15.4. The van der Waals surface area contributed by atoms with Crippen molar-refractivity contribution < 1.29 is 14.6 Å². The maximum Gasteiger partial charge on any atom is 0.338 e. The predicted molar refractivity (Wildman–Crippen MR) is 83.5 cm³/mol. The Morgan fingerprint density at radius 3 is 2.81 bits per heavy atom. The van der Waals surface area contributed by atoms with Crippen LogP contribution < -0.4 is 10.6 Å². The molecule has 1 saturated carbocycles. The molecule has 1 aliphatic rings. The van der Waals surface area contributed by atoms with Gasteiger partial charge in [-0.15, -0.1) is 0 Å². The summed E-state index contributed by atoms with van der Waals surface area (Å²) in [5.74, 6) is -0.351. The number of ether oxygens (including phenoxy) is 1. The first-order chi connectivity index (χ1) is 10.0. The molecule has 2 atom stereocenters. The van der Waals surface area contributed by atoms with Gasteiger partial charge in [-0.05, 0) is 38.0 Å². The summed E-state index contributed by atoms with van der Waals surface area (Å²) in [6.45, 7) is 2.12. The molecule has 0 spiro atoms. The highest BCUT2D eigenvalue weighted by Gasteiger charge is 2.28. The van der Waals surface area contributed by atoms with E-state index in [1.54, 1.807) is 25.1 Å². The van der Waals surface area contributed by atoms with Gasteiger partial charge in [0.25, 0.3) is 0 Å². The van der Waals surface area contributed by atoms with Gasteiger partial charge in [-0.3, -0.25) is 0 Å². The fraction of sp³-hybridized carbons (Fsp3) is 0.562. The molecular formula is C16H24N2O3. The zero-order valence-electron chi connectivity index (χ0n) is 12.7. The van der Waals surface area contributed by atoms with E-state index in [1.165, 1.54) is 0 Å². The molecule has 1 aromatic carbocycles. The number of carbonyl (C=O) groups excluding carboxylic acids is 1. The second-order valence-corrected chi connectivity index (χ2v) is 5.52. The van der Waals surface area contributed by atoms with Gasteiger partial charge in [0.05, 0.1) is 35.7 Å². The van der Waals surface area contributed by atoms with Crippen LogP contribution in [0.25, 0.3) is 0 Å². The number of aliphatic hydroxyl groups is 1. The van der Waals surface area contributed by atoms with Crippen LogP contribution in [0, 0.1) is 0 Å². The summed E-state index contributed by atoms with van der Waals surface area (Å²) in [5.41, 5.74) is 7.90. The Labute approximate surface area is 125 Å². The third-order valence-electron chi connectivity index (χ3n) is 4.11. The van der Waals surface area contributed by atoms with Gasteiger partial charge in [-0.2, -0.15) is 0 Å². The van der Waals surface area contributed by atoms with Gasteiger partial charge in [0.1, 0.15) is 0 Å². The molecule has 3 N–H and O–H groups in total. The fourth-order valence-electron chi connectivity index (χ4n) is 2.91. The minimum atomic E-state index is -0.352. The lowest BCUT2D eigenvalue weighted by Gasteiger charge is -2.37. The van der Waals surface area contributed by atoms with Gasteiger partial charge in [0.2, 0.25) is 0 Å². The molecule has 21 heavy (non-hydrogen) atoms. The van der Waals surface area contributed by atoms with Gasteiger partial charge in [-0.25, -0.2) is 4.79 Å². The normalized spacial score (nSPS) is 21.9. The number of anilines is 2. The number of likely N-dealkylation sites (N-methyl/N-ethyl adjacent to an activating group) is 1. The maximum absolute atomic E-state index is 11.8. The average Bonchev–Trinajstić information content (AvgIpc) is 2.48. The minimum Gasteiger partial charge on any atom is -0.462 e. The summed E-state index contributed by atoms with van der Waals surface area (Å²) < 4.78 is 5.02. The van der Waals surface area contributed by atoms with E-state index in [4.69, 9.17) is 10.5 Å². The van der Waals surface area contributed by atoms with E-state index in [0.29, 0.717) is 17.9 Å². The number of carbonyl (C=O) groups is 1. The molecule has 1 fully saturated rings. The molecule has 0 saturated heterocycles. The number of benzene rings is 1. The number of nitrogens with zero attached hydrogens (tertiary/aromatic N) is 1. The van der Waals surface area contributed by atoms with E-state index in [0.717, 1.165) is 31.4 Å². The Hall–Kier alpha value is -1.75. The van der Waals surface area contributed by atoms with Gasteiger partial charge >= 0.3 is 5.97 Å². The molecule has 0 bridgehead atoms. The van der Waals surface area contributed by atoms with Gasteiger partial charge in [-0.1, -0.05) is 12.8 Å². The fourth-order valence-corrected chi connectivity index (χ4v) is 2.91. The molecule has 5 heteroatoms. The van der Waals surface area contributed by atoms with E-state index in [9.17, 15) is 9.90 Å². The lowest BCUT2D eigenvalue weighted by atomic mass is 9.91. The van der Waals surface area contributed by atoms with Gasteiger partial charge in [0.15, 0.2) is 0 Å². The molecule has 5 nitrogen and oxygen atoms in total. The molecule has 2 unspecified atom stereocenters. The van der Waals surface area contributed by atoms with Crippen molar-refractivity contribution in [3.63, 3.8) is 0 Å². The summed E-state index contributed by atoms with van der Waals surface area (Å²) in [4.78, 5) is 13.8. The maximum atomic E-state index is 11.8. The second-order valence-electron chi connectivity index (χ2n) is 5.52. The molecule has 116 valence electrons. The predicted octanol–water partition coefficient (Wildman–Crippen LogP) is 2.19. The van der Waals surface area contributed by atoms with Crippen LogP contribution in [0.4, 0.5) is 11.4 Å². The summed E-state index contributed by atoms with van der Waals surface area (Å²) in [6, 6.07) is 5.17. The van der Waals surface area contributed by atoms with Crippen LogP contribution in [-0.2, 0) is 4.74 Å². The lowest BCUT2D eigenvalue weighted by molar-refractivity contribution is 0.0526. The van der Waals surface area contributed by atoms with E-state index in [-0.39, 0.29) is 18.1 Å². The van der Waals surface area contributed by atoms with Crippen molar-refractivity contribution in [2.24, 2.45) is 0 Å². The summed E-state index contributed by atoms with van der Waals surface area (Å²) in [6.07, 6.45) is 3.55. The smallest absolute Gasteiger partial charge is 0.338 e. The third-order valence-corrected chi connectivity index (χ3v) is 4.11. The quantitative estimate of drug-likeness (QED) is 0.657. The second kappa shape index (κ2) is 6.80. The van der Waals surface area contributed by atoms with Crippen LogP contribution in [-0.4, -0.2) is 36.9 Å². The van der Waals surface area contributed by atoms with E-state index in [1.807, 2.05) is 11.9 Å². The van der Waals surface area contributed by atoms with E-state index < -0.39 is 0 Å². The summed E-state index contributed by atoms with van der Waals surface area (Å²) in [5, 5.41) is 10.2. The van der Waals surface area contributed by atoms with Crippen molar-refractivity contribution in [1.29, 1.82) is 0 Å². The molecule has 0 radical (unpaired) electrons. The van der Waals surface area contributed by atoms with Crippen LogP contribution in [0.15, 0.2) is 18.2 Å². The van der Waals surface area contributed by atoms with Gasteiger partial charge in [0, 0.05) is 7.05 Å². The van der Waals surface area contributed by atoms with Crippen LogP contribution in [0.3, 0.4) is 0 Å². The number of esters is 1. The molecule has 1 aliphatic carbocycles. The van der Waals surface area contributed by atoms with Crippen molar-refractivity contribution in [3.05, 3.63) is 23.8 Å². The molecular weight excluding hydrogens is 268 g/mol. The SMILES string of the molecule is CCOC(=O)c1ccc(N)c(N(C)C2CCCCC2O)c1. The zero-order valence-corrected chi connectivity index (χ0v) is 12.7. The Bertz CT molecular complexity index is 504. The number of hydrogen-bond donors (Lipinski definition) is 2. The minimum absolute atomic E-state index is 0.0403. The Morgan fingerprint density at radius 2 is 2.14 bits per heavy atom. The van der Waals surface area contributed by atoms with Crippen LogP contribution in [0.2, 0.25) is 0 Å². The standard InChI is InChI=1S/C16H24N2O3/c1-3-21-16(20)11-8-9-12(17)14(10-11)18(2)13-6-4-5-7-15(13)19/h8-10,13,15,19H,3-7,17H2,1-2H3. The Morgan fingerprint density at radius 1 is 1.43 bits per heavy atom. The van der Waals surface area contributed by atoms with Crippen molar-refractivity contribution in [3.8, 4) is 0 Å². The number of nitrogen functional groups attached to an aromatic ring is 1. The highest BCUT2D eigenvalue weighted by Crippen LogP contribution is 2.31. The summed E-state index contributed by atoms with van der Waals surface area (Å²) >= 11 is 0. The summed E-state index contributed by atoms with van der Waals surface area (Å²) in [7, 11) is 1.92. The molecule has 0 aromatic heterocycles. The van der Waals surface area contributed by atoms with Crippen molar-refractivity contribution in [1.82, 2.24) is 0 Å².